The lowest BCUT2D eigenvalue weighted by Gasteiger charge is -2.33. The van der Waals surface area contributed by atoms with E-state index >= 15 is 0 Å². The summed E-state index contributed by atoms with van der Waals surface area (Å²) < 4.78 is 10.8. The highest BCUT2D eigenvalue weighted by Crippen LogP contribution is 2.24. The lowest BCUT2D eigenvalue weighted by atomic mass is 10.0. The van der Waals surface area contributed by atoms with Crippen LogP contribution in [0.4, 0.5) is 0 Å². The van der Waals surface area contributed by atoms with Gasteiger partial charge < -0.3 is 24.7 Å². The molecule has 0 spiro atoms. The maximum Gasteiger partial charge on any atom is 0.224 e. The van der Waals surface area contributed by atoms with Gasteiger partial charge in [0.15, 0.2) is 0 Å². The zero-order valence-electron chi connectivity index (χ0n) is 16.0. The highest BCUT2D eigenvalue weighted by Gasteiger charge is 2.24. The molecule has 3 heterocycles. The van der Waals surface area contributed by atoms with E-state index in [-0.39, 0.29) is 11.9 Å². The number of fused-ring (bicyclic) bond motifs is 1. The van der Waals surface area contributed by atoms with Gasteiger partial charge in [-0.25, -0.2) is 0 Å². The van der Waals surface area contributed by atoms with Crippen LogP contribution < -0.4 is 10.1 Å². The molecule has 1 aromatic carbocycles. The number of ether oxygens (including phenoxy) is 2. The summed E-state index contributed by atoms with van der Waals surface area (Å²) in [4.78, 5) is 18.3. The molecule has 2 fully saturated rings. The largest absolute Gasteiger partial charge is 0.497 e. The van der Waals surface area contributed by atoms with E-state index in [2.05, 4.69) is 15.2 Å². The van der Waals surface area contributed by atoms with Crippen molar-refractivity contribution in [2.24, 2.45) is 5.92 Å². The Labute approximate surface area is 160 Å². The van der Waals surface area contributed by atoms with Crippen molar-refractivity contribution in [3.8, 4) is 5.75 Å². The van der Waals surface area contributed by atoms with E-state index < -0.39 is 0 Å². The first-order valence-corrected chi connectivity index (χ1v) is 9.94. The number of hydrogen-bond donors (Lipinski definition) is 2. The maximum absolute atomic E-state index is 12.6. The fourth-order valence-corrected chi connectivity index (χ4v) is 4.23. The van der Waals surface area contributed by atoms with E-state index in [1.165, 1.54) is 6.42 Å². The molecular formula is C21H29N3O3. The molecule has 2 aliphatic heterocycles. The predicted octanol–water partition coefficient (Wildman–Crippen LogP) is 2.34. The van der Waals surface area contributed by atoms with Gasteiger partial charge in [0.05, 0.1) is 20.1 Å². The molecule has 6 nitrogen and oxygen atoms in total. The number of nitrogens with zero attached hydrogens (tertiary/aromatic N) is 1. The van der Waals surface area contributed by atoms with Gasteiger partial charge in [0.1, 0.15) is 5.75 Å². The number of aromatic nitrogens is 1. The minimum Gasteiger partial charge on any atom is -0.497 e. The van der Waals surface area contributed by atoms with Gasteiger partial charge in [-0.2, -0.15) is 0 Å². The first kappa shape index (κ1) is 18.3. The third-order valence-corrected chi connectivity index (χ3v) is 5.82. The Hall–Kier alpha value is -2.05. The molecule has 6 heteroatoms. The second kappa shape index (κ2) is 8.31. The van der Waals surface area contributed by atoms with Crippen molar-refractivity contribution < 1.29 is 14.3 Å². The van der Waals surface area contributed by atoms with Crippen LogP contribution in [0.2, 0.25) is 0 Å². The lowest BCUT2D eigenvalue weighted by molar-refractivity contribution is -0.121. The zero-order valence-corrected chi connectivity index (χ0v) is 16.0. The number of carbonyl (C=O) groups excluding carboxylic acids is 1. The lowest BCUT2D eigenvalue weighted by Crippen LogP contribution is -2.46. The highest BCUT2D eigenvalue weighted by atomic mass is 16.5. The van der Waals surface area contributed by atoms with E-state index in [4.69, 9.17) is 9.47 Å². The van der Waals surface area contributed by atoms with Crippen LogP contribution in [-0.4, -0.2) is 61.8 Å². The van der Waals surface area contributed by atoms with Crippen molar-refractivity contribution in [2.45, 2.75) is 31.7 Å². The van der Waals surface area contributed by atoms with Crippen molar-refractivity contribution in [3.05, 3.63) is 30.0 Å². The number of likely N-dealkylation sites (tertiary alicyclic amines) is 1. The minimum absolute atomic E-state index is 0.0985. The maximum atomic E-state index is 12.6. The van der Waals surface area contributed by atoms with Crippen molar-refractivity contribution in [1.29, 1.82) is 0 Å². The van der Waals surface area contributed by atoms with Crippen LogP contribution in [0.25, 0.3) is 10.9 Å². The molecule has 2 aliphatic rings. The minimum atomic E-state index is 0.0985. The second-order valence-electron chi connectivity index (χ2n) is 7.77. The first-order chi connectivity index (χ1) is 13.2. The second-order valence-corrected chi connectivity index (χ2v) is 7.77. The van der Waals surface area contributed by atoms with Crippen molar-refractivity contribution >= 4 is 16.8 Å². The van der Waals surface area contributed by atoms with Crippen LogP contribution >= 0.6 is 0 Å². The summed E-state index contributed by atoms with van der Waals surface area (Å²) in [7, 11) is 1.66. The molecule has 27 heavy (non-hydrogen) atoms. The van der Waals surface area contributed by atoms with Crippen LogP contribution in [0.1, 0.15) is 24.8 Å². The van der Waals surface area contributed by atoms with Crippen LogP contribution in [0.3, 0.4) is 0 Å². The Balaban J connectivity index is 1.27. The standard InChI is InChI=1S/C21H29N3O3/c1-26-18-2-3-20-19(11-18)16(12-22-20)10-21(25)23-17-4-7-24(8-5-17)13-15-6-9-27-14-15/h2-3,11-12,15,17,22H,4-10,13-14H2,1H3,(H,23,25). The van der Waals surface area contributed by atoms with E-state index in [1.54, 1.807) is 7.11 Å². The summed E-state index contributed by atoms with van der Waals surface area (Å²) in [5.41, 5.74) is 2.04. The fraction of sp³-hybridized carbons (Fsp3) is 0.571. The average molecular weight is 371 g/mol. The third kappa shape index (κ3) is 4.45. The molecule has 0 saturated carbocycles. The molecule has 1 amide bonds. The summed E-state index contributed by atoms with van der Waals surface area (Å²) in [5.74, 6) is 1.60. The third-order valence-electron chi connectivity index (χ3n) is 5.82. The number of H-pyrrole nitrogens is 1. The van der Waals surface area contributed by atoms with E-state index in [9.17, 15) is 4.79 Å². The van der Waals surface area contributed by atoms with Gasteiger partial charge in [-0.05, 0) is 48.9 Å². The molecule has 146 valence electrons. The van der Waals surface area contributed by atoms with Crippen molar-refractivity contribution in [3.63, 3.8) is 0 Å². The number of rotatable bonds is 6. The topological polar surface area (TPSA) is 66.6 Å². The Morgan fingerprint density at radius 2 is 2.19 bits per heavy atom. The van der Waals surface area contributed by atoms with E-state index in [0.717, 1.165) is 67.9 Å². The van der Waals surface area contributed by atoms with Crippen molar-refractivity contribution in [1.82, 2.24) is 15.2 Å². The zero-order chi connectivity index (χ0) is 18.6. The number of aromatic amines is 1. The predicted molar refractivity (Wildman–Crippen MR) is 105 cm³/mol. The van der Waals surface area contributed by atoms with E-state index in [1.807, 2.05) is 24.4 Å². The van der Waals surface area contributed by atoms with Gasteiger partial charge in [0, 0.05) is 49.4 Å². The molecule has 1 unspecified atom stereocenters. The molecule has 1 aromatic heterocycles. The Morgan fingerprint density at radius 3 is 2.93 bits per heavy atom. The monoisotopic (exact) mass is 371 g/mol. The number of nitrogens with one attached hydrogen (secondary N) is 2. The number of hydrogen-bond acceptors (Lipinski definition) is 4. The number of piperidine rings is 1. The van der Waals surface area contributed by atoms with Gasteiger partial charge in [0.2, 0.25) is 5.91 Å². The first-order valence-electron chi connectivity index (χ1n) is 9.94. The molecular weight excluding hydrogens is 342 g/mol. The normalized spacial score (nSPS) is 21.6. The highest BCUT2D eigenvalue weighted by molar-refractivity contribution is 5.89. The quantitative estimate of drug-likeness (QED) is 0.818. The summed E-state index contributed by atoms with van der Waals surface area (Å²) in [5, 5.41) is 4.28. The van der Waals surface area contributed by atoms with Gasteiger partial charge in [-0.3, -0.25) is 4.79 Å². The van der Waals surface area contributed by atoms with Crippen LogP contribution in [0.15, 0.2) is 24.4 Å². The summed E-state index contributed by atoms with van der Waals surface area (Å²) in [6, 6.07) is 6.18. The average Bonchev–Trinajstić information content (AvgIpc) is 3.33. The summed E-state index contributed by atoms with van der Waals surface area (Å²) in [6.07, 6.45) is 5.57. The molecule has 2 saturated heterocycles. The van der Waals surface area contributed by atoms with Gasteiger partial charge in [-0.1, -0.05) is 0 Å². The summed E-state index contributed by atoms with van der Waals surface area (Å²) >= 11 is 0. The molecule has 1 atom stereocenters. The number of benzene rings is 1. The van der Waals surface area contributed by atoms with Crippen LogP contribution in [0.5, 0.6) is 5.75 Å². The van der Waals surface area contributed by atoms with Gasteiger partial charge in [-0.15, -0.1) is 0 Å². The van der Waals surface area contributed by atoms with Crippen LogP contribution in [0, 0.1) is 5.92 Å². The SMILES string of the molecule is COc1ccc2[nH]cc(CC(=O)NC3CCN(CC4CCOC4)CC3)c2c1. The Kier molecular flexibility index (Phi) is 5.64. The van der Waals surface area contributed by atoms with Gasteiger partial charge in [0.25, 0.3) is 0 Å². The molecule has 4 rings (SSSR count). The number of methoxy groups -OCH3 is 1. The molecule has 2 N–H and O–H groups in total. The Bertz CT molecular complexity index is 774. The van der Waals surface area contributed by atoms with Gasteiger partial charge >= 0.3 is 0 Å². The smallest absolute Gasteiger partial charge is 0.224 e. The number of amides is 1. The molecule has 0 radical (unpaired) electrons. The fourth-order valence-electron chi connectivity index (χ4n) is 4.23. The van der Waals surface area contributed by atoms with E-state index in [0.29, 0.717) is 12.3 Å². The molecule has 2 aromatic rings. The molecule has 0 aliphatic carbocycles. The summed E-state index contributed by atoms with van der Waals surface area (Å²) in [6.45, 7) is 5.08. The van der Waals surface area contributed by atoms with Crippen LogP contribution in [-0.2, 0) is 16.0 Å². The number of carbonyl (C=O) groups is 1. The van der Waals surface area contributed by atoms with Crippen molar-refractivity contribution in [2.75, 3.05) is 40.0 Å². The molecule has 0 bridgehead atoms. The Morgan fingerprint density at radius 1 is 1.33 bits per heavy atom.